The van der Waals surface area contributed by atoms with Gasteiger partial charge in [0.15, 0.2) is 0 Å². The number of aryl methyl sites for hydroxylation is 1. The van der Waals surface area contributed by atoms with Crippen LogP contribution in [0.1, 0.15) is 45.1 Å². The number of unbranched alkanes of at least 4 members (excludes halogenated alkanes) is 2. The second-order valence-corrected chi connectivity index (χ2v) is 8.02. The Kier molecular flexibility index (Phi) is 8.27. The summed E-state index contributed by atoms with van der Waals surface area (Å²) in [5.41, 5.74) is 1.30. The molecule has 0 fully saturated rings. The van der Waals surface area contributed by atoms with E-state index < -0.39 is 8.80 Å². The smallest absolute Gasteiger partial charge is 0.305 e. The molecule has 0 heterocycles. The van der Waals surface area contributed by atoms with E-state index in [4.69, 9.17) is 4.74 Å². The van der Waals surface area contributed by atoms with Crippen LogP contribution < -0.4 is 5.19 Å². The number of carbonyl (C=O) groups excluding carboxylic acids is 1. The average molecular weight is 291 g/mol. The molecule has 1 radical (unpaired) electrons. The lowest BCUT2D eigenvalue weighted by Crippen LogP contribution is -2.30. The molecule has 0 saturated carbocycles. The Labute approximate surface area is 125 Å². The summed E-state index contributed by atoms with van der Waals surface area (Å²) < 4.78 is 5.05. The molecule has 2 nitrogen and oxygen atoms in total. The fourth-order valence-electron chi connectivity index (χ4n) is 2.28. The molecule has 0 spiro atoms. The van der Waals surface area contributed by atoms with Crippen LogP contribution in [0, 0.1) is 6.92 Å². The SMILES string of the molecule is CCCCC[Si](CCC(=O)OCC)c1ccc(C)cc1. The van der Waals surface area contributed by atoms with Gasteiger partial charge in [0.25, 0.3) is 0 Å². The van der Waals surface area contributed by atoms with E-state index in [0.29, 0.717) is 13.0 Å². The highest BCUT2D eigenvalue weighted by Gasteiger charge is 2.16. The van der Waals surface area contributed by atoms with Crippen molar-refractivity contribution in [2.75, 3.05) is 6.61 Å². The van der Waals surface area contributed by atoms with Gasteiger partial charge in [0.2, 0.25) is 0 Å². The molecule has 0 aliphatic heterocycles. The van der Waals surface area contributed by atoms with Gasteiger partial charge in [-0.1, -0.05) is 67.2 Å². The summed E-state index contributed by atoms with van der Waals surface area (Å²) in [6.45, 7) is 6.70. The molecule has 0 aliphatic carbocycles. The maximum absolute atomic E-state index is 11.6. The molecule has 0 aliphatic rings. The Bertz CT molecular complexity index is 386. The van der Waals surface area contributed by atoms with Crippen molar-refractivity contribution in [1.29, 1.82) is 0 Å². The first-order chi connectivity index (χ1) is 9.67. The maximum atomic E-state index is 11.6. The number of hydrogen-bond acceptors (Lipinski definition) is 2. The van der Waals surface area contributed by atoms with Crippen molar-refractivity contribution in [2.45, 2.75) is 58.5 Å². The van der Waals surface area contributed by atoms with Gasteiger partial charge in [0.1, 0.15) is 0 Å². The molecule has 0 unspecified atom stereocenters. The largest absolute Gasteiger partial charge is 0.466 e. The fraction of sp³-hybridized carbons (Fsp3) is 0.588. The van der Waals surface area contributed by atoms with Crippen LogP contribution in [0.4, 0.5) is 0 Å². The molecule has 111 valence electrons. The van der Waals surface area contributed by atoms with Crippen molar-refractivity contribution in [2.24, 2.45) is 0 Å². The molecule has 3 heteroatoms. The van der Waals surface area contributed by atoms with Crippen molar-refractivity contribution in [3.63, 3.8) is 0 Å². The van der Waals surface area contributed by atoms with Gasteiger partial charge in [-0.05, 0) is 19.9 Å². The standard InChI is InChI=1S/C17H27O2Si/c1-4-6-7-13-20(14-12-17(18)19-5-2)16-10-8-15(3)9-11-16/h8-11H,4-7,12-14H2,1-3H3. The highest BCUT2D eigenvalue weighted by Crippen LogP contribution is 2.11. The zero-order chi connectivity index (χ0) is 14.8. The highest BCUT2D eigenvalue weighted by atomic mass is 28.3. The molecular formula is C17H27O2Si. The van der Waals surface area contributed by atoms with Gasteiger partial charge in [-0.3, -0.25) is 4.79 Å². The first-order valence-electron chi connectivity index (χ1n) is 7.74. The van der Waals surface area contributed by atoms with Gasteiger partial charge in [0, 0.05) is 6.42 Å². The number of carbonyl (C=O) groups is 1. The molecule has 0 N–H and O–H groups in total. The summed E-state index contributed by atoms with van der Waals surface area (Å²) >= 11 is 0. The van der Waals surface area contributed by atoms with Crippen LogP contribution >= 0.6 is 0 Å². The lowest BCUT2D eigenvalue weighted by Gasteiger charge is -2.15. The van der Waals surface area contributed by atoms with Gasteiger partial charge in [-0.25, -0.2) is 0 Å². The quantitative estimate of drug-likeness (QED) is 0.392. The summed E-state index contributed by atoms with van der Waals surface area (Å²) in [6, 6.07) is 11.1. The number of rotatable bonds is 9. The third-order valence-electron chi connectivity index (χ3n) is 3.48. The molecule has 20 heavy (non-hydrogen) atoms. The average Bonchev–Trinajstić information content (AvgIpc) is 2.44. The first-order valence-corrected chi connectivity index (χ1v) is 9.66. The summed E-state index contributed by atoms with van der Waals surface area (Å²) in [7, 11) is -0.625. The Morgan fingerprint density at radius 3 is 2.40 bits per heavy atom. The molecule has 0 bridgehead atoms. The minimum Gasteiger partial charge on any atom is -0.466 e. The predicted octanol–water partition coefficient (Wildman–Crippen LogP) is 3.84. The second-order valence-electron chi connectivity index (χ2n) is 5.23. The van der Waals surface area contributed by atoms with E-state index >= 15 is 0 Å². The summed E-state index contributed by atoms with van der Waals surface area (Å²) in [6.07, 6.45) is 4.39. The number of esters is 1. The Morgan fingerprint density at radius 1 is 1.10 bits per heavy atom. The number of hydrogen-bond donors (Lipinski definition) is 0. The van der Waals surface area contributed by atoms with E-state index in [-0.39, 0.29) is 5.97 Å². The molecule has 1 aromatic carbocycles. The topological polar surface area (TPSA) is 26.3 Å². The molecule has 0 saturated heterocycles. The van der Waals surface area contributed by atoms with Crippen molar-refractivity contribution in [1.82, 2.24) is 0 Å². The van der Waals surface area contributed by atoms with Gasteiger partial charge in [0.05, 0.1) is 15.4 Å². The Balaban J connectivity index is 2.59. The van der Waals surface area contributed by atoms with Gasteiger partial charge >= 0.3 is 5.97 Å². The number of benzene rings is 1. The van der Waals surface area contributed by atoms with E-state index in [0.717, 1.165) is 6.04 Å². The normalized spacial score (nSPS) is 10.8. The van der Waals surface area contributed by atoms with Crippen molar-refractivity contribution in [3.8, 4) is 0 Å². The van der Waals surface area contributed by atoms with E-state index in [1.54, 1.807) is 0 Å². The second kappa shape index (κ2) is 9.75. The molecule has 0 atom stereocenters. The lowest BCUT2D eigenvalue weighted by molar-refractivity contribution is -0.142. The monoisotopic (exact) mass is 291 g/mol. The maximum Gasteiger partial charge on any atom is 0.305 e. The minimum atomic E-state index is -0.625. The Hall–Kier alpha value is -1.09. The predicted molar refractivity (Wildman–Crippen MR) is 87.0 cm³/mol. The molecule has 1 aromatic rings. The molecular weight excluding hydrogens is 264 g/mol. The van der Waals surface area contributed by atoms with E-state index in [1.165, 1.54) is 36.1 Å². The van der Waals surface area contributed by atoms with Crippen molar-refractivity contribution in [3.05, 3.63) is 29.8 Å². The van der Waals surface area contributed by atoms with Crippen molar-refractivity contribution < 1.29 is 9.53 Å². The zero-order valence-corrected chi connectivity index (χ0v) is 14.1. The van der Waals surface area contributed by atoms with Crippen LogP contribution in [0.3, 0.4) is 0 Å². The molecule has 0 amide bonds. The third-order valence-corrected chi connectivity index (χ3v) is 6.44. The minimum absolute atomic E-state index is 0.0439. The summed E-state index contributed by atoms with van der Waals surface area (Å²) in [5.74, 6) is -0.0439. The van der Waals surface area contributed by atoms with Crippen LogP contribution in [0.15, 0.2) is 24.3 Å². The molecule has 1 rings (SSSR count). The van der Waals surface area contributed by atoms with Crippen molar-refractivity contribution >= 4 is 20.0 Å². The van der Waals surface area contributed by atoms with Crippen LogP contribution in [0.25, 0.3) is 0 Å². The van der Waals surface area contributed by atoms with E-state index in [9.17, 15) is 4.79 Å². The summed E-state index contributed by atoms with van der Waals surface area (Å²) in [5, 5.41) is 1.46. The van der Waals surface area contributed by atoms with Gasteiger partial charge < -0.3 is 4.74 Å². The van der Waals surface area contributed by atoms with Crippen LogP contribution in [0.2, 0.25) is 12.1 Å². The van der Waals surface area contributed by atoms with E-state index in [2.05, 4.69) is 38.1 Å². The number of ether oxygens (including phenoxy) is 1. The lowest BCUT2D eigenvalue weighted by atomic mass is 10.2. The fourth-order valence-corrected chi connectivity index (χ4v) is 4.93. The van der Waals surface area contributed by atoms with Crippen LogP contribution in [-0.4, -0.2) is 21.4 Å². The summed E-state index contributed by atoms with van der Waals surface area (Å²) in [4.78, 5) is 11.6. The van der Waals surface area contributed by atoms with E-state index in [1.807, 2.05) is 6.92 Å². The van der Waals surface area contributed by atoms with Crippen LogP contribution in [-0.2, 0) is 9.53 Å². The van der Waals surface area contributed by atoms with Gasteiger partial charge in [-0.15, -0.1) is 0 Å². The van der Waals surface area contributed by atoms with Crippen LogP contribution in [0.5, 0.6) is 0 Å². The highest BCUT2D eigenvalue weighted by molar-refractivity contribution is 6.73. The zero-order valence-electron chi connectivity index (χ0n) is 13.1. The third kappa shape index (κ3) is 6.37. The molecule has 0 aromatic heterocycles. The first kappa shape index (κ1) is 17.0. The van der Waals surface area contributed by atoms with Gasteiger partial charge in [-0.2, -0.15) is 0 Å². The Morgan fingerprint density at radius 2 is 1.80 bits per heavy atom.